The summed E-state index contributed by atoms with van der Waals surface area (Å²) >= 11 is 7.68. The zero-order chi connectivity index (χ0) is 25.5. The van der Waals surface area contributed by atoms with Crippen LogP contribution in [0, 0.1) is 0 Å². The van der Waals surface area contributed by atoms with Crippen molar-refractivity contribution in [1.82, 2.24) is 0 Å². The van der Waals surface area contributed by atoms with E-state index in [9.17, 15) is 0 Å². The van der Waals surface area contributed by atoms with Crippen LogP contribution in [0.1, 0.15) is 29.5 Å². The molecule has 0 unspecified atom stereocenters. The molecule has 4 aromatic rings. The molecule has 0 aromatic heterocycles. The Morgan fingerprint density at radius 1 is 0.784 bits per heavy atom. The smallest absolute Gasteiger partial charge is 0.0810 e. The highest BCUT2D eigenvalue weighted by atomic mass is 35.5. The van der Waals surface area contributed by atoms with Crippen molar-refractivity contribution in [2.24, 2.45) is 10.1 Å². The first-order valence-corrected chi connectivity index (χ1v) is 13.4. The van der Waals surface area contributed by atoms with Gasteiger partial charge in [0, 0.05) is 33.1 Å². The molecule has 1 aliphatic carbocycles. The number of benzene rings is 4. The van der Waals surface area contributed by atoms with Crippen LogP contribution in [0.5, 0.6) is 0 Å². The average Bonchev–Trinajstić information content (AvgIpc) is 2.96. The first-order valence-electron chi connectivity index (χ1n) is 12.3. The van der Waals surface area contributed by atoms with E-state index in [0.29, 0.717) is 10.7 Å². The molecule has 0 heterocycles. The second-order valence-corrected chi connectivity index (χ2v) is 10.0. The number of nitrogens with zero attached hydrogens (tertiary/aromatic N) is 1. The first-order chi connectivity index (χ1) is 18.2. The molecule has 0 saturated carbocycles. The maximum Gasteiger partial charge on any atom is 0.0810 e. The van der Waals surface area contributed by atoms with E-state index >= 15 is 0 Å². The molecule has 0 bridgehead atoms. The van der Waals surface area contributed by atoms with E-state index in [4.69, 9.17) is 21.7 Å². The molecular formula is C33H27ClN2S. The predicted molar refractivity (Wildman–Crippen MR) is 161 cm³/mol. The van der Waals surface area contributed by atoms with Gasteiger partial charge in [0.15, 0.2) is 0 Å². The van der Waals surface area contributed by atoms with Crippen molar-refractivity contribution >= 4 is 40.5 Å². The fourth-order valence-electron chi connectivity index (χ4n) is 4.27. The van der Waals surface area contributed by atoms with Crippen molar-refractivity contribution in [2.75, 3.05) is 0 Å². The molecule has 1 aliphatic rings. The predicted octanol–water partition coefficient (Wildman–Crippen LogP) is 9.24. The van der Waals surface area contributed by atoms with Gasteiger partial charge in [0.25, 0.3) is 0 Å². The van der Waals surface area contributed by atoms with Gasteiger partial charge in [0.1, 0.15) is 0 Å². The van der Waals surface area contributed by atoms with Gasteiger partial charge in [-0.05, 0) is 77.1 Å². The lowest BCUT2D eigenvalue weighted by Gasteiger charge is -2.16. The van der Waals surface area contributed by atoms with Crippen molar-refractivity contribution < 1.29 is 0 Å². The molecule has 2 nitrogen and oxygen atoms in total. The molecule has 0 aliphatic heterocycles. The Labute approximate surface area is 228 Å². The maximum atomic E-state index is 6.56. The van der Waals surface area contributed by atoms with Crippen LogP contribution in [0.3, 0.4) is 0 Å². The first kappa shape index (κ1) is 24.9. The molecule has 0 spiro atoms. The Hall–Kier alpha value is -3.79. The third kappa shape index (κ3) is 6.32. The second kappa shape index (κ2) is 12.0. The summed E-state index contributed by atoms with van der Waals surface area (Å²) in [6.07, 6.45) is 10.8. The molecule has 0 radical (unpaired) electrons. The topological polar surface area (TPSA) is 38.4 Å². The third-order valence-corrected chi connectivity index (χ3v) is 7.15. The van der Waals surface area contributed by atoms with E-state index < -0.39 is 0 Å². The van der Waals surface area contributed by atoms with E-state index in [1.807, 2.05) is 54.6 Å². The van der Waals surface area contributed by atoms with Crippen LogP contribution in [-0.2, 0) is 0 Å². The van der Waals surface area contributed by atoms with Gasteiger partial charge in [-0.1, -0.05) is 103 Å². The van der Waals surface area contributed by atoms with Gasteiger partial charge in [-0.15, -0.1) is 0 Å². The Balaban J connectivity index is 1.62. The number of halogens is 1. The van der Waals surface area contributed by atoms with Gasteiger partial charge in [-0.25, -0.2) is 4.40 Å². The normalized spacial score (nSPS) is 13.9. The molecule has 4 aromatic carbocycles. The van der Waals surface area contributed by atoms with Gasteiger partial charge in [0.2, 0.25) is 0 Å². The second-order valence-electron chi connectivity index (χ2n) is 8.76. The maximum absolute atomic E-state index is 6.56. The molecule has 4 heteroatoms. The third-order valence-electron chi connectivity index (χ3n) is 6.15. The number of hydrogen-bond donors (Lipinski definition) is 1. The molecule has 2 N–H and O–H groups in total. The molecule has 0 amide bonds. The molecule has 0 saturated heterocycles. The summed E-state index contributed by atoms with van der Waals surface area (Å²) in [5.41, 5.74) is 14.6. The largest absolute Gasteiger partial charge is 0.398 e. The highest BCUT2D eigenvalue weighted by molar-refractivity contribution is 7.98. The summed E-state index contributed by atoms with van der Waals surface area (Å²) in [7, 11) is 0. The Kier molecular flexibility index (Phi) is 8.05. The minimum Gasteiger partial charge on any atom is -0.398 e. The van der Waals surface area contributed by atoms with Gasteiger partial charge in [0.05, 0.1) is 5.71 Å². The van der Waals surface area contributed by atoms with Gasteiger partial charge in [-0.3, -0.25) is 0 Å². The number of rotatable bonds is 7. The van der Waals surface area contributed by atoms with Gasteiger partial charge in [-0.2, -0.15) is 0 Å². The SMILES string of the molecule is N/C(=C\C(=NSc1ccccc1)c1ccc(-c2ccccc2)c(C2=CCCC=C2)c1)c1cccc(Cl)c1. The molecule has 0 fully saturated rings. The van der Waals surface area contributed by atoms with E-state index in [0.717, 1.165) is 34.6 Å². The van der Waals surface area contributed by atoms with Crippen molar-refractivity contribution in [1.29, 1.82) is 0 Å². The quantitative estimate of drug-likeness (QED) is 0.195. The van der Waals surface area contributed by atoms with Gasteiger partial charge < -0.3 is 5.73 Å². The van der Waals surface area contributed by atoms with E-state index in [1.165, 1.54) is 34.2 Å². The minimum absolute atomic E-state index is 0.611. The number of nitrogens with two attached hydrogens (primary N) is 1. The number of allylic oxidation sites excluding steroid dienone is 5. The average molecular weight is 519 g/mol. The summed E-state index contributed by atoms with van der Waals surface area (Å²) in [6.45, 7) is 0. The number of hydrogen-bond acceptors (Lipinski definition) is 3. The zero-order valence-electron chi connectivity index (χ0n) is 20.3. The van der Waals surface area contributed by atoms with Crippen LogP contribution < -0.4 is 5.73 Å². The molecule has 0 atom stereocenters. The van der Waals surface area contributed by atoms with E-state index in [2.05, 4.69) is 72.8 Å². The van der Waals surface area contributed by atoms with Crippen molar-refractivity contribution in [3.8, 4) is 11.1 Å². The fourth-order valence-corrected chi connectivity index (χ4v) is 5.10. The Morgan fingerprint density at radius 2 is 1.57 bits per heavy atom. The summed E-state index contributed by atoms with van der Waals surface area (Å²) in [4.78, 5) is 1.06. The summed E-state index contributed by atoms with van der Waals surface area (Å²) in [6, 6.07) is 34.8. The summed E-state index contributed by atoms with van der Waals surface area (Å²) < 4.78 is 4.95. The highest BCUT2D eigenvalue weighted by Gasteiger charge is 2.13. The minimum atomic E-state index is 0.611. The van der Waals surface area contributed by atoms with Crippen LogP contribution in [0.2, 0.25) is 5.02 Å². The lowest BCUT2D eigenvalue weighted by atomic mass is 9.89. The van der Waals surface area contributed by atoms with Crippen LogP contribution in [0.25, 0.3) is 22.4 Å². The summed E-state index contributed by atoms with van der Waals surface area (Å²) in [5.74, 6) is 0. The van der Waals surface area contributed by atoms with Gasteiger partial charge >= 0.3 is 0 Å². The lowest BCUT2D eigenvalue weighted by Crippen LogP contribution is -2.04. The van der Waals surface area contributed by atoms with Crippen LogP contribution >= 0.6 is 23.5 Å². The van der Waals surface area contributed by atoms with Crippen molar-refractivity contribution in [3.05, 3.63) is 149 Å². The van der Waals surface area contributed by atoms with Crippen LogP contribution in [0.15, 0.2) is 137 Å². The van der Waals surface area contributed by atoms with Crippen molar-refractivity contribution in [3.63, 3.8) is 0 Å². The molecular weight excluding hydrogens is 492 g/mol. The molecule has 5 rings (SSSR count). The van der Waals surface area contributed by atoms with Crippen LogP contribution in [0.4, 0.5) is 0 Å². The standard InChI is InChI=1S/C33H27ClN2S/c34-28-16-10-15-26(21-28)32(35)23-33(36-37-29-17-8-3-9-18-29)27-19-20-30(24-11-4-1-5-12-24)31(22-27)25-13-6-2-7-14-25/h1,3-6,8-23H,2,7,35H2/b32-23-,36-33?. The summed E-state index contributed by atoms with van der Waals surface area (Å²) in [5, 5.41) is 0.650. The Morgan fingerprint density at radius 3 is 2.30 bits per heavy atom. The molecule has 37 heavy (non-hydrogen) atoms. The molecule has 182 valence electrons. The van der Waals surface area contributed by atoms with E-state index in [1.54, 1.807) is 0 Å². The van der Waals surface area contributed by atoms with E-state index in [-0.39, 0.29) is 0 Å². The Bertz CT molecular complexity index is 1500. The fraction of sp³-hybridized carbons (Fsp3) is 0.0606. The van der Waals surface area contributed by atoms with Crippen molar-refractivity contribution in [2.45, 2.75) is 17.7 Å². The van der Waals surface area contributed by atoms with Crippen LogP contribution in [-0.4, -0.2) is 5.71 Å². The highest BCUT2D eigenvalue weighted by Crippen LogP contribution is 2.33. The monoisotopic (exact) mass is 518 g/mol. The lowest BCUT2D eigenvalue weighted by molar-refractivity contribution is 1.04. The zero-order valence-corrected chi connectivity index (χ0v) is 21.9.